The molecule has 0 aliphatic rings. The Bertz CT molecular complexity index is 525. The smallest absolute Gasteiger partial charge is 0.133 e. The maximum absolute atomic E-state index is 11.1. The maximum Gasteiger partial charge on any atom is 0.133 e. The van der Waals surface area contributed by atoms with E-state index >= 15 is 0 Å². The molecule has 2 N–H and O–H groups in total. The lowest BCUT2D eigenvalue weighted by molar-refractivity contribution is -0.108. The number of rotatable bonds is 3. The molecule has 4 heteroatoms. The van der Waals surface area contributed by atoms with E-state index in [1.165, 1.54) is 18.2 Å². The number of phenolic OH excluding ortho intramolecular Hbond substituents is 2. The largest absolute Gasteiger partial charge is 0.508 e. The molecule has 0 radical (unpaired) electrons. The number of phenols is 2. The summed E-state index contributed by atoms with van der Waals surface area (Å²) in [5.74, 6) is -0.790. The zero-order chi connectivity index (χ0) is 12.3. The van der Waals surface area contributed by atoms with Gasteiger partial charge in [-0.05, 0) is 18.2 Å². The number of carbonyl (C=O) groups is 1. The summed E-state index contributed by atoms with van der Waals surface area (Å²) in [5, 5.41) is 18.9. The molecule has 4 nitrogen and oxygen atoms in total. The van der Waals surface area contributed by atoms with Crippen molar-refractivity contribution in [3.05, 3.63) is 53.9 Å². The Balaban J connectivity index is 2.46. The van der Waals surface area contributed by atoms with Gasteiger partial charge in [-0.1, -0.05) is 12.1 Å². The zero-order valence-corrected chi connectivity index (χ0v) is 8.95. The number of aromatic hydroxyl groups is 2. The summed E-state index contributed by atoms with van der Waals surface area (Å²) in [7, 11) is 0. The number of pyridine rings is 1. The number of hydrogen-bond acceptors (Lipinski definition) is 4. The predicted molar refractivity (Wildman–Crippen MR) is 61.9 cm³/mol. The Kier molecular flexibility index (Phi) is 3.05. The van der Waals surface area contributed by atoms with Crippen LogP contribution in [0.1, 0.15) is 17.2 Å². The summed E-state index contributed by atoms with van der Waals surface area (Å²) in [6.07, 6.45) is 2.30. The standard InChI is InChI=1S/C13H11NO3/c15-8-11(12-3-1-2-6-14-12)10-5-4-9(16)7-13(10)17/h1-8,11,16-17H/t11-/m0/s1. The molecular weight excluding hydrogens is 218 g/mol. The van der Waals surface area contributed by atoms with Gasteiger partial charge in [0.1, 0.15) is 17.8 Å². The van der Waals surface area contributed by atoms with E-state index in [4.69, 9.17) is 0 Å². The number of carbonyl (C=O) groups excluding carboxylic acids is 1. The fourth-order valence-corrected chi connectivity index (χ4v) is 1.66. The van der Waals surface area contributed by atoms with Crippen molar-refractivity contribution >= 4 is 6.29 Å². The van der Waals surface area contributed by atoms with Gasteiger partial charge >= 0.3 is 0 Å². The molecule has 17 heavy (non-hydrogen) atoms. The molecule has 0 saturated heterocycles. The zero-order valence-electron chi connectivity index (χ0n) is 8.95. The topological polar surface area (TPSA) is 70.4 Å². The number of aromatic nitrogens is 1. The molecule has 0 aliphatic heterocycles. The molecule has 1 heterocycles. The Morgan fingerprint density at radius 2 is 2.00 bits per heavy atom. The minimum Gasteiger partial charge on any atom is -0.508 e. The third-order valence-corrected chi connectivity index (χ3v) is 2.49. The average Bonchev–Trinajstić information content (AvgIpc) is 2.34. The van der Waals surface area contributed by atoms with E-state index in [0.29, 0.717) is 17.5 Å². The second-order valence-corrected chi connectivity index (χ2v) is 3.61. The first kappa shape index (κ1) is 11.1. The van der Waals surface area contributed by atoms with Crippen LogP contribution in [0, 0.1) is 0 Å². The van der Waals surface area contributed by atoms with Crippen molar-refractivity contribution in [2.75, 3.05) is 0 Å². The maximum atomic E-state index is 11.1. The van der Waals surface area contributed by atoms with Crippen LogP contribution in [0.25, 0.3) is 0 Å². The van der Waals surface area contributed by atoms with Gasteiger partial charge < -0.3 is 15.0 Å². The van der Waals surface area contributed by atoms with Crippen molar-refractivity contribution < 1.29 is 15.0 Å². The predicted octanol–water partition coefficient (Wildman–Crippen LogP) is 1.82. The molecule has 2 rings (SSSR count). The second-order valence-electron chi connectivity index (χ2n) is 3.61. The van der Waals surface area contributed by atoms with E-state index in [0.717, 1.165) is 0 Å². The molecule has 0 fully saturated rings. The lowest BCUT2D eigenvalue weighted by Crippen LogP contribution is -2.04. The highest BCUT2D eigenvalue weighted by Gasteiger charge is 2.18. The van der Waals surface area contributed by atoms with Crippen molar-refractivity contribution in [1.82, 2.24) is 4.98 Å². The fraction of sp³-hybridized carbons (Fsp3) is 0.0769. The van der Waals surface area contributed by atoms with Gasteiger partial charge in [0.15, 0.2) is 0 Å². The minimum absolute atomic E-state index is 0.0445. The third kappa shape index (κ3) is 2.25. The summed E-state index contributed by atoms with van der Waals surface area (Å²) in [5.41, 5.74) is 0.986. The number of benzene rings is 1. The molecule has 1 aromatic heterocycles. The highest BCUT2D eigenvalue weighted by molar-refractivity contribution is 5.69. The molecule has 0 spiro atoms. The van der Waals surface area contributed by atoms with Gasteiger partial charge in [0.25, 0.3) is 0 Å². The Hall–Kier alpha value is -2.36. The molecule has 2 aromatic rings. The van der Waals surface area contributed by atoms with Crippen LogP contribution >= 0.6 is 0 Å². The number of aldehydes is 1. The fourth-order valence-electron chi connectivity index (χ4n) is 1.66. The Labute approximate surface area is 98.2 Å². The molecule has 86 valence electrons. The Morgan fingerprint density at radius 1 is 1.18 bits per heavy atom. The van der Waals surface area contributed by atoms with Crippen LogP contribution < -0.4 is 0 Å². The molecule has 1 atom stereocenters. The van der Waals surface area contributed by atoms with E-state index in [9.17, 15) is 15.0 Å². The molecule has 0 bridgehead atoms. The van der Waals surface area contributed by atoms with Crippen LogP contribution in [0.15, 0.2) is 42.6 Å². The average molecular weight is 229 g/mol. The molecule has 0 amide bonds. The highest BCUT2D eigenvalue weighted by atomic mass is 16.3. The van der Waals surface area contributed by atoms with E-state index in [1.807, 2.05) is 0 Å². The van der Waals surface area contributed by atoms with Crippen LogP contribution in [-0.4, -0.2) is 21.5 Å². The van der Waals surface area contributed by atoms with Gasteiger partial charge in [-0.25, -0.2) is 0 Å². The van der Waals surface area contributed by atoms with Crippen LogP contribution in [0.4, 0.5) is 0 Å². The second kappa shape index (κ2) is 4.65. The minimum atomic E-state index is -0.628. The first-order valence-electron chi connectivity index (χ1n) is 5.10. The quantitative estimate of drug-likeness (QED) is 0.787. The molecule has 1 aromatic carbocycles. The lowest BCUT2D eigenvalue weighted by Gasteiger charge is -2.11. The van der Waals surface area contributed by atoms with Gasteiger partial charge in [0.05, 0.1) is 11.6 Å². The molecule has 0 aliphatic carbocycles. The van der Waals surface area contributed by atoms with Gasteiger partial charge in [-0.15, -0.1) is 0 Å². The number of hydrogen-bond donors (Lipinski definition) is 2. The lowest BCUT2D eigenvalue weighted by atomic mass is 9.95. The van der Waals surface area contributed by atoms with Crippen molar-refractivity contribution in [3.63, 3.8) is 0 Å². The SMILES string of the molecule is O=C[C@H](c1ccccn1)c1ccc(O)cc1O. The normalized spacial score (nSPS) is 12.0. The van der Waals surface area contributed by atoms with Gasteiger partial charge in [0.2, 0.25) is 0 Å². The first-order valence-corrected chi connectivity index (χ1v) is 5.10. The molecule has 0 saturated carbocycles. The summed E-state index contributed by atoms with van der Waals surface area (Å²) >= 11 is 0. The van der Waals surface area contributed by atoms with E-state index in [1.54, 1.807) is 24.4 Å². The monoisotopic (exact) mass is 229 g/mol. The number of nitrogens with zero attached hydrogens (tertiary/aromatic N) is 1. The highest BCUT2D eigenvalue weighted by Crippen LogP contribution is 2.31. The summed E-state index contributed by atoms with van der Waals surface area (Å²) in [6, 6.07) is 9.38. The van der Waals surface area contributed by atoms with E-state index in [2.05, 4.69) is 4.98 Å². The Morgan fingerprint density at radius 3 is 2.59 bits per heavy atom. The third-order valence-electron chi connectivity index (χ3n) is 2.49. The van der Waals surface area contributed by atoms with Crippen LogP contribution in [0.5, 0.6) is 11.5 Å². The van der Waals surface area contributed by atoms with Crippen molar-refractivity contribution in [1.29, 1.82) is 0 Å². The van der Waals surface area contributed by atoms with Crippen LogP contribution in [0.2, 0.25) is 0 Å². The van der Waals surface area contributed by atoms with E-state index in [-0.39, 0.29) is 11.5 Å². The summed E-state index contributed by atoms with van der Waals surface area (Å²) in [4.78, 5) is 15.2. The van der Waals surface area contributed by atoms with Crippen molar-refractivity contribution in [2.45, 2.75) is 5.92 Å². The van der Waals surface area contributed by atoms with Gasteiger partial charge in [-0.3, -0.25) is 4.98 Å². The summed E-state index contributed by atoms with van der Waals surface area (Å²) < 4.78 is 0. The van der Waals surface area contributed by atoms with Crippen molar-refractivity contribution in [2.24, 2.45) is 0 Å². The van der Waals surface area contributed by atoms with Gasteiger partial charge in [-0.2, -0.15) is 0 Å². The van der Waals surface area contributed by atoms with Crippen molar-refractivity contribution in [3.8, 4) is 11.5 Å². The van der Waals surface area contributed by atoms with Gasteiger partial charge in [0, 0.05) is 17.8 Å². The summed E-state index contributed by atoms with van der Waals surface area (Å²) in [6.45, 7) is 0. The molecule has 0 unspecified atom stereocenters. The first-order chi connectivity index (χ1) is 8.22. The van der Waals surface area contributed by atoms with E-state index < -0.39 is 5.92 Å². The van der Waals surface area contributed by atoms with Crippen LogP contribution in [-0.2, 0) is 4.79 Å². The van der Waals surface area contributed by atoms with Crippen LogP contribution in [0.3, 0.4) is 0 Å². The molecular formula is C13H11NO3.